The van der Waals surface area contributed by atoms with Crippen molar-refractivity contribution >= 4 is 96.8 Å². The highest BCUT2D eigenvalue weighted by molar-refractivity contribution is 8.00. The molecule has 5 aliphatic heterocycles. The van der Waals surface area contributed by atoms with Crippen LogP contribution in [-0.2, 0) is 83.6 Å². The van der Waals surface area contributed by atoms with Gasteiger partial charge in [-0.25, -0.2) is 4.79 Å². The summed E-state index contributed by atoms with van der Waals surface area (Å²) in [5.41, 5.74) is 4.36. The van der Waals surface area contributed by atoms with Gasteiger partial charge in [0.25, 0.3) is 5.91 Å². The molecule has 0 aliphatic carbocycles. The van der Waals surface area contributed by atoms with E-state index in [9.17, 15) is 33.6 Å². The summed E-state index contributed by atoms with van der Waals surface area (Å²) in [6.45, 7) is 10.9. The van der Waals surface area contributed by atoms with Gasteiger partial charge in [0.2, 0.25) is 29.5 Å². The Morgan fingerprint density at radius 2 is 1.07 bits per heavy atom. The fraction of sp³-hybridized carbons (Fsp3) is 0.653. The highest BCUT2D eigenvalue weighted by Crippen LogP contribution is 2.54. The third-order valence-electron chi connectivity index (χ3n) is 19.3. The van der Waals surface area contributed by atoms with Gasteiger partial charge >= 0.3 is 6.03 Å². The van der Waals surface area contributed by atoms with Crippen molar-refractivity contribution in [3.8, 4) is 0 Å². The van der Waals surface area contributed by atoms with Gasteiger partial charge in [0.1, 0.15) is 12.3 Å². The first-order valence-corrected chi connectivity index (χ1v) is 37.1. The summed E-state index contributed by atoms with van der Waals surface area (Å²) in [5.74, 6) is 0.510. The van der Waals surface area contributed by atoms with Crippen LogP contribution in [0.4, 0.5) is 4.79 Å². The largest absolute Gasteiger partial charge is 0.377 e. The highest BCUT2D eigenvalue weighted by atomic mass is 32.2. The van der Waals surface area contributed by atoms with Crippen LogP contribution in [0.2, 0.25) is 0 Å². The minimum Gasteiger partial charge on any atom is -0.377 e. The molecule has 7 N–H and O–H groups in total. The predicted molar refractivity (Wildman–Crippen MR) is 378 cm³/mol. The number of likely N-dealkylation sites (N-methyl/N-ethyl adjacent to an activating group) is 1. The third kappa shape index (κ3) is 19.9. The number of rotatable bonds is 49. The Morgan fingerprint density at radius 1 is 0.580 bits per heavy atom. The molecule has 27 nitrogen and oxygen atoms in total. The maximum Gasteiger partial charge on any atom is 0.315 e. The van der Waals surface area contributed by atoms with Gasteiger partial charge in [-0.15, -0.1) is 0 Å². The van der Waals surface area contributed by atoms with E-state index >= 15 is 0 Å². The van der Waals surface area contributed by atoms with Gasteiger partial charge in [0, 0.05) is 118 Å². The molecule has 0 unspecified atom stereocenters. The van der Waals surface area contributed by atoms with Gasteiger partial charge in [0.15, 0.2) is 5.72 Å². The average Bonchev–Trinajstić information content (AvgIpc) is 1.50. The maximum absolute atomic E-state index is 14.1. The number of hydrogen-bond donors (Lipinski definition) is 7. The van der Waals surface area contributed by atoms with Crippen molar-refractivity contribution in [2.24, 2.45) is 0 Å². The van der Waals surface area contributed by atoms with E-state index in [2.05, 4.69) is 70.6 Å². The van der Waals surface area contributed by atoms with E-state index in [1.807, 2.05) is 43.0 Å². The van der Waals surface area contributed by atoms with Crippen LogP contribution in [0.15, 0.2) is 48.5 Å². The molecule has 0 saturated carbocycles. The molecule has 100 heavy (non-hydrogen) atoms. The molecule has 2 bridgehead atoms. The third-order valence-corrected chi connectivity index (χ3v) is 20.8. The van der Waals surface area contributed by atoms with Gasteiger partial charge in [0.05, 0.1) is 151 Å². The zero-order valence-electron chi connectivity index (χ0n) is 58.4. The fourth-order valence-electron chi connectivity index (χ4n) is 14.4. The SMILES string of the molecule is CO[C@@H]1[C@H](N(C)C(=O)CCC(=O)NCCOCCOCCOCCOCCOCCOCCOCCOCCNC(=O)CCCCCNC(=O)CCCCCNC(=O)CCCC[C@@H]2SC[C@@H]3NC(=O)N[C@@H]32)C[C@H]2O[C@]1(C)n1c3ccccc3c3c4c(c5c6ccccc6n2c5c31)C(=O)NC4. The molecule has 0 radical (unpaired) electrons. The lowest BCUT2D eigenvalue weighted by atomic mass is 9.91. The molecular weight excluding hydrogens is 1310 g/mol. The van der Waals surface area contributed by atoms with E-state index in [0.717, 1.165) is 113 Å². The first-order valence-electron chi connectivity index (χ1n) is 36.0. The van der Waals surface area contributed by atoms with Crippen LogP contribution in [-0.4, -0.2) is 237 Å². The van der Waals surface area contributed by atoms with E-state index in [0.29, 0.717) is 175 Å². The topological polar surface area (TPSA) is 309 Å². The van der Waals surface area contributed by atoms with Crippen molar-refractivity contribution in [2.75, 3.05) is 152 Å². The van der Waals surface area contributed by atoms with Crippen molar-refractivity contribution in [1.29, 1.82) is 0 Å². The van der Waals surface area contributed by atoms with Gasteiger partial charge in [-0.05, 0) is 63.1 Å². The molecule has 3 aromatic carbocycles. The number of methoxy groups -OCH3 is 1. The maximum atomic E-state index is 14.1. The lowest BCUT2D eigenvalue weighted by Gasteiger charge is -2.50. The lowest BCUT2D eigenvalue weighted by molar-refractivity contribution is -0.266. The molecule has 550 valence electrons. The number of carbonyl (C=O) groups excluding carboxylic acids is 7. The second-order valence-electron chi connectivity index (χ2n) is 26.1. The summed E-state index contributed by atoms with van der Waals surface area (Å²) in [7, 11) is 3.44. The minimum atomic E-state index is -1.09. The Morgan fingerprint density at radius 3 is 1.62 bits per heavy atom. The fourth-order valence-corrected chi connectivity index (χ4v) is 15.9. The number of benzene rings is 3. The monoisotopic (exact) mass is 1410 g/mol. The summed E-state index contributed by atoms with van der Waals surface area (Å²) in [6.07, 6.45) is 8.43. The number of hydrogen-bond acceptors (Lipinski definition) is 18. The van der Waals surface area contributed by atoms with E-state index < -0.39 is 24.1 Å². The van der Waals surface area contributed by atoms with Crippen LogP contribution in [0.1, 0.15) is 125 Å². The molecule has 28 heteroatoms. The zero-order valence-corrected chi connectivity index (χ0v) is 59.3. The van der Waals surface area contributed by atoms with Gasteiger partial charge in [-0.1, -0.05) is 55.7 Å². The Bertz CT molecular complexity index is 3540. The molecule has 10 rings (SSSR count). The first kappa shape index (κ1) is 76.0. The van der Waals surface area contributed by atoms with Crippen LogP contribution in [0.5, 0.6) is 0 Å². The smallest absolute Gasteiger partial charge is 0.315 e. The molecular formula is C72H104N10O17S. The number of ether oxygens (including phenoxy) is 10. The Labute approximate surface area is 589 Å². The van der Waals surface area contributed by atoms with Crippen molar-refractivity contribution in [3.05, 3.63) is 59.7 Å². The summed E-state index contributed by atoms with van der Waals surface area (Å²) >= 11 is 1.90. The molecule has 7 heterocycles. The van der Waals surface area contributed by atoms with Crippen molar-refractivity contribution in [3.63, 3.8) is 0 Å². The number of fused-ring (bicyclic) bond motifs is 14. The number of nitrogens with one attached hydrogen (secondary N) is 7. The Kier molecular flexibility index (Phi) is 29.7. The van der Waals surface area contributed by atoms with Crippen molar-refractivity contribution in [1.82, 2.24) is 51.3 Å². The van der Waals surface area contributed by atoms with Crippen molar-refractivity contribution in [2.45, 2.75) is 151 Å². The molecule has 7 atom stereocenters. The van der Waals surface area contributed by atoms with E-state index in [1.54, 1.807) is 19.1 Å². The average molecular weight is 1410 g/mol. The Balaban J connectivity index is 0.456. The number of aromatic nitrogens is 2. The molecule has 2 aromatic heterocycles. The number of amides is 8. The lowest BCUT2D eigenvalue weighted by Crippen LogP contribution is -2.61. The molecule has 0 spiro atoms. The van der Waals surface area contributed by atoms with Crippen LogP contribution >= 0.6 is 11.8 Å². The number of carbonyl (C=O) groups is 7. The number of nitrogens with zero attached hydrogens (tertiary/aromatic N) is 3. The van der Waals surface area contributed by atoms with Crippen LogP contribution in [0.3, 0.4) is 0 Å². The van der Waals surface area contributed by atoms with E-state index in [4.69, 9.17) is 47.4 Å². The molecule has 5 aromatic rings. The van der Waals surface area contributed by atoms with Crippen molar-refractivity contribution < 1.29 is 80.9 Å². The van der Waals surface area contributed by atoms with Crippen LogP contribution < -0.4 is 37.2 Å². The van der Waals surface area contributed by atoms with Crippen LogP contribution in [0.25, 0.3) is 43.6 Å². The van der Waals surface area contributed by atoms with Crippen LogP contribution in [0, 0.1) is 0 Å². The van der Waals surface area contributed by atoms with Gasteiger partial charge in [-0.3, -0.25) is 28.8 Å². The number of unbranched alkanes of at least 4 members (excludes halogenated alkanes) is 5. The van der Waals surface area contributed by atoms with Gasteiger partial charge < -0.3 is 98.6 Å². The molecule has 5 aliphatic rings. The molecule has 8 amide bonds. The second kappa shape index (κ2) is 39.1. The summed E-state index contributed by atoms with van der Waals surface area (Å²) in [4.78, 5) is 90.7. The number of urea groups is 1. The molecule has 3 fully saturated rings. The molecule has 3 saturated heterocycles. The summed E-state index contributed by atoms with van der Waals surface area (Å²) in [5, 5.41) is 25.1. The first-order chi connectivity index (χ1) is 48.9. The standard InChI is InChI=1S/C72H104N10O17S/c1-72-69(90-3)55(46-62(99-72)81-53-18-10-8-16-49(53)64-65-51(47-77-70(65)88)63-50-17-9-11-19-54(50)82(72)68(63)67(64)81)80(2)61(87)25-24-60(86)76-29-31-92-33-35-94-37-39-96-41-43-98-45-44-97-42-40-95-38-36-93-34-32-91-30-28-75-59(85)22-7-5-15-26-73-57(83)21-6-4-14-27-74-58(84)23-13-12-20-56-66-52(48-100-56)78-71(89)79-66/h8-11,16-19,52,55-56,62,66,69H,4-7,12-15,20-48H2,1-3H3,(H,73,83)(H,74,84)(H,75,85)(H,76,86)(H,77,88)(H2,78,79,89)/t52-,55+,56-,62+,66-,69+,72-/m0/s1. The summed E-state index contributed by atoms with van der Waals surface area (Å²) < 4.78 is 62.8. The van der Waals surface area contributed by atoms with E-state index in [1.165, 1.54) is 0 Å². The quantitative estimate of drug-likeness (QED) is 0.0178. The zero-order chi connectivity index (χ0) is 70.1. The van der Waals surface area contributed by atoms with Gasteiger partial charge in [-0.2, -0.15) is 11.8 Å². The predicted octanol–water partition coefficient (Wildman–Crippen LogP) is 5.82. The highest BCUT2D eigenvalue weighted by Gasteiger charge is 2.55. The minimum absolute atomic E-state index is 0.00606. The number of para-hydroxylation sites is 2. The van der Waals surface area contributed by atoms with E-state index in [-0.39, 0.29) is 66.4 Å². The Hall–Kier alpha value is -6.70. The second-order valence-corrected chi connectivity index (χ2v) is 27.4. The number of thioether (sulfide) groups is 1. The normalized spacial score (nSPS) is 20.4. The summed E-state index contributed by atoms with van der Waals surface area (Å²) in [6, 6.07) is 16.3.